The molecule has 0 bridgehead atoms. The van der Waals surface area contributed by atoms with Crippen molar-refractivity contribution in [3.8, 4) is 5.75 Å². The normalized spacial score (nSPS) is 10.6. The van der Waals surface area contributed by atoms with Crippen molar-refractivity contribution >= 4 is 6.08 Å². The van der Waals surface area contributed by atoms with Crippen LogP contribution in [0.5, 0.6) is 5.75 Å². The quantitative estimate of drug-likeness (QED) is 0.764. The molecule has 0 atom stereocenters. The Morgan fingerprint density at radius 1 is 0.941 bits per heavy atom. The molecule has 0 saturated carbocycles. The van der Waals surface area contributed by atoms with Gasteiger partial charge < -0.3 is 4.74 Å². The first-order chi connectivity index (χ1) is 8.40. The first kappa shape index (κ1) is 11.5. The Bertz CT molecular complexity index is 486. The van der Waals surface area contributed by atoms with E-state index in [0.717, 1.165) is 17.7 Å². The minimum atomic E-state index is 0.914. The Hall–Kier alpha value is -2.02. The van der Waals surface area contributed by atoms with Gasteiger partial charge in [0.05, 0.1) is 7.11 Å². The monoisotopic (exact) mass is 224 g/mol. The van der Waals surface area contributed by atoms with Gasteiger partial charge in [-0.05, 0) is 18.1 Å². The predicted octanol–water partition coefficient (Wildman–Crippen LogP) is 3.95. The molecule has 0 saturated heterocycles. The molecule has 2 rings (SSSR count). The summed E-state index contributed by atoms with van der Waals surface area (Å²) in [5.41, 5.74) is 2.43. The second-order valence-electron chi connectivity index (χ2n) is 3.83. The van der Waals surface area contributed by atoms with E-state index in [1.54, 1.807) is 7.11 Å². The van der Waals surface area contributed by atoms with E-state index in [1.165, 1.54) is 5.56 Å². The van der Waals surface area contributed by atoms with Gasteiger partial charge in [-0.3, -0.25) is 0 Å². The summed E-state index contributed by atoms with van der Waals surface area (Å²) in [6.45, 7) is 0. The lowest BCUT2D eigenvalue weighted by Gasteiger charge is -2.03. The number of benzene rings is 2. The summed E-state index contributed by atoms with van der Waals surface area (Å²) in [6.07, 6.45) is 5.21. The second-order valence-corrected chi connectivity index (χ2v) is 3.83. The summed E-state index contributed by atoms with van der Waals surface area (Å²) in [5.74, 6) is 0.914. The predicted molar refractivity (Wildman–Crippen MR) is 72.2 cm³/mol. The van der Waals surface area contributed by atoms with E-state index in [0.29, 0.717) is 0 Å². The van der Waals surface area contributed by atoms with Crippen LogP contribution in [0.2, 0.25) is 0 Å². The summed E-state index contributed by atoms with van der Waals surface area (Å²) in [5, 5.41) is 0. The van der Waals surface area contributed by atoms with Crippen LogP contribution in [-0.4, -0.2) is 7.11 Å². The molecule has 0 aliphatic rings. The van der Waals surface area contributed by atoms with E-state index in [1.807, 2.05) is 24.3 Å². The summed E-state index contributed by atoms with van der Waals surface area (Å²) in [6, 6.07) is 18.5. The Labute approximate surface area is 102 Å². The molecule has 86 valence electrons. The van der Waals surface area contributed by atoms with Crippen molar-refractivity contribution in [2.45, 2.75) is 6.42 Å². The molecule has 0 heterocycles. The van der Waals surface area contributed by atoms with Crippen LogP contribution in [0.1, 0.15) is 11.1 Å². The molecular formula is C16H16O. The maximum absolute atomic E-state index is 5.30. The first-order valence-electron chi connectivity index (χ1n) is 5.73. The van der Waals surface area contributed by atoms with Crippen molar-refractivity contribution in [1.82, 2.24) is 0 Å². The van der Waals surface area contributed by atoms with Gasteiger partial charge in [0.15, 0.2) is 0 Å². The summed E-state index contributed by atoms with van der Waals surface area (Å²) in [4.78, 5) is 0. The van der Waals surface area contributed by atoms with Crippen LogP contribution in [0, 0.1) is 0 Å². The van der Waals surface area contributed by atoms with Crippen molar-refractivity contribution in [2.75, 3.05) is 7.11 Å². The van der Waals surface area contributed by atoms with Crippen LogP contribution in [-0.2, 0) is 6.42 Å². The highest BCUT2D eigenvalue weighted by atomic mass is 16.5. The Kier molecular flexibility index (Phi) is 3.98. The fourth-order valence-electron chi connectivity index (χ4n) is 1.74. The average Bonchev–Trinajstić information content (AvgIpc) is 2.40. The molecule has 0 N–H and O–H groups in total. The molecule has 2 aromatic carbocycles. The minimum Gasteiger partial charge on any atom is -0.496 e. The third-order valence-electron chi connectivity index (χ3n) is 2.63. The van der Waals surface area contributed by atoms with Crippen molar-refractivity contribution in [3.63, 3.8) is 0 Å². The molecule has 0 aliphatic carbocycles. The molecule has 17 heavy (non-hydrogen) atoms. The number of methoxy groups -OCH3 is 1. The summed E-state index contributed by atoms with van der Waals surface area (Å²) < 4.78 is 5.30. The third kappa shape index (κ3) is 3.22. The fourth-order valence-corrected chi connectivity index (χ4v) is 1.74. The first-order valence-corrected chi connectivity index (χ1v) is 5.73. The number of allylic oxidation sites excluding steroid dienone is 1. The van der Waals surface area contributed by atoms with Crippen LogP contribution in [0.3, 0.4) is 0 Å². The maximum atomic E-state index is 5.30. The van der Waals surface area contributed by atoms with E-state index in [4.69, 9.17) is 4.74 Å². The minimum absolute atomic E-state index is 0.914. The molecule has 0 radical (unpaired) electrons. The van der Waals surface area contributed by atoms with Crippen LogP contribution in [0.4, 0.5) is 0 Å². The topological polar surface area (TPSA) is 9.23 Å². The fraction of sp³-hybridized carbons (Fsp3) is 0.125. The number of para-hydroxylation sites is 1. The van der Waals surface area contributed by atoms with Gasteiger partial charge in [-0.25, -0.2) is 0 Å². The maximum Gasteiger partial charge on any atom is 0.126 e. The van der Waals surface area contributed by atoms with Gasteiger partial charge in [0.1, 0.15) is 5.75 Å². The number of rotatable bonds is 4. The molecular weight excluding hydrogens is 208 g/mol. The van der Waals surface area contributed by atoms with Gasteiger partial charge in [0.25, 0.3) is 0 Å². The SMILES string of the molecule is COc1ccccc1/C=C/Cc1ccccc1. The second kappa shape index (κ2) is 5.90. The van der Waals surface area contributed by atoms with E-state index in [2.05, 4.69) is 42.5 Å². The van der Waals surface area contributed by atoms with Gasteiger partial charge >= 0.3 is 0 Å². The van der Waals surface area contributed by atoms with E-state index in [9.17, 15) is 0 Å². The highest BCUT2D eigenvalue weighted by Crippen LogP contribution is 2.18. The van der Waals surface area contributed by atoms with Crippen LogP contribution >= 0.6 is 0 Å². The van der Waals surface area contributed by atoms with Gasteiger partial charge in [-0.15, -0.1) is 0 Å². The zero-order chi connectivity index (χ0) is 11.9. The van der Waals surface area contributed by atoms with Gasteiger partial charge in [-0.1, -0.05) is 60.7 Å². The Balaban J connectivity index is 2.06. The van der Waals surface area contributed by atoms with Crippen LogP contribution in [0.25, 0.3) is 6.08 Å². The van der Waals surface area contributed by atoms with Gasteiger partial charge in [0, 0.05) is 5.56 Å². The highest BCUT2D eigenvalue weighted by Gasteiger charge is 1.95. The van der Waals surface area contributed by atoms with Gasteiger partial charge in [-0.2, -0.15) is 0 Å². The van der Waals surface area contributed by atoms with Crippen LogP contribution < -0.4 is 4.74 Å². The van der Waals surface area contributed by atoms with Crippen LogP contribution in [0.15, 0.2) is 60.7 Å². The summed E-state index contributed by atoms with van der Waals surface area (Å²) in [7, 11) is 1.70. The molecule has 0 spiro atoms. The highest BCUT2D eigenvalue weighted by molar-refractivity contribution is 5.57. The van der Waals surface area contributed by atoms with Gasteiger partial charge in [0.2, 0.25) is 0 Å². The van der Waals surface area contributed by atoms with E-state index in [-0.39, 0.29) is 0 Å². The standard InChI is InChI=1S/C16H16O/c1-17-16-13-6-5-11-15(16)12-7-10-14-8-3-2-4-9-14/h2-9,11-13H,10H2,1H3/b12-7+. The number of hydrogen-bond acceptors (Lipinski definition) is 1. The molecule has 1 heteroatoms. The largest absolute Gasteiger partial charge is 0.496 e. The number of hydrogen-bond donors (Lipinski definition) is 0. The van der Waals surface area contributed by atoms with E-state index < -0.39 is 0 Å². The zero-order valence-corrected chi connectivity index (χ0v) is 9.97. The van der Waals surface area contributed by atoms with E-state index >= 15 is 0 Å². The lowest BCUT2D eigenvalue weighted by atomic mass is 10.1. The van der Waals surface area contributed by atoms with Crippen molar-refractivity contribution in [3.05, 3.63) is 71.8 Å². The molecule has 0 unspecified atom stereocenters. The molecule has 0 aromatic heterocycles. The third-order valence-corrected chi connectivity index (χ3v) is 2.63. The Morgan fingerprint density at radius 3 is 2.41 bits per heavy atom. The Morgan fingerprint density at radius 2 is 1.65 bits per heavy atom. The van der Waals surface area contributed by atoms with Crippen molar-refractivity contribution in [2.24, 2.45) is 0 Å². The molecule has 0 aliphatic heterocycles. The smallest absolute Gasteiger partial charge is 0.126 e. The summed E-state index contributed by atoms with van der Waals surface area (Å²) >= 11 is 0. The number of ether oxygens (including phenoxy) is 1. The molecule has 0 fully saturated rings. The molecule has 1 nitrogen and oxygen atoms in total. The lowest BCUT2D eigenvalue weighted by Crippen LogP contribution is -1.86. The zero-order valence-electron chi connectivity index (χ0n) is 9.97. The lowest BCUT2D eigenvalue weighted by molar-refractivity contribution is 0.414. The van der Waals surface area contributed by atoms with Crippen molar-refractivity contribution in [1.29, 1.82) is 0 Å². The van der Waals surface area contributed by atoms with Crippen molar-refractivity contribution < 1.29 is 4.74 Å². The average molecular weight is 224 g/mol. The molecule has 2 aromatic rings. The molecule has 0 amide bonds.